The highest BCUT2D eigenvalue weighted by Gasteiger charge is 2.40. The lowest BCUT2D eigenvalue weighted by Crippen LogP contribution is -2.42. The molecule has 2 saturated heterocycles. The molecule has 2 heteroatoms. The monoisotopic (exact) mass is 249 g/mol. The van der Waals surface area contributed by atoms with Crippen LogP contribution in [-0.4, -0.2) is 29.8 Å². The van der Waals surface area contributed by atoms with E-state index in [9.17, 15) is 4.79 Å². The van der Waals surface area contributed by atoms with Gasteiger partial charge in [-0.25, -0.2) is 0 Å². The van der Waals surface area contributed by atoms with Crippen LogP contribution in [0.15, 0.2) is 12.7 Å². The van der Waals surface area contributed by atoms with E-state index in [4.69, 9.17) is 0 Å². The van der Waals surface area contributed by atoms with Crippen LogP contribution in [0.4, 0.5) is 0 Å². The molecule has 2 bridgehead atoms. The molecule has 0 aliphatic carbocycles. The van der Waals surface area contributed by atoms with Crippen molar-refractivity contribution in [3.8, 4) is 0 Å². The molecule has 0 aromatic rings. The minimum Gasteiger partial charge on any atom is -0.300 e. The maximum Gasteiger partial charge on any atom is 0.136 e. The van der Waals surface area contributed by atoms with Crippen molar-refractivity contribution in [1.29, 1.82) is 0 Å². The zero-order chi connectivity index (χ0) is 13.0. The fourth-order valence-electron chi connectivity index (χ4n) is 3.64. The molecule has 0 aromatic heterocycles. The second-order valence-corrected chi connectivity index (χ2v) is 6.07. The van der Waals surface area contributed by atoms with Crippen LogP contribution in [-0.2, 0) is 4.79 Å². The number of carbonyl (C=O) groups excluding carboxylic acids is 1. The third-order valence-electron chi connectivity index (χ3n) is 4.89. The number of allylic oxidation sites excluding steroid dienone is 1. The Hall–Kier alpha value is -0.630. The van der Waals surface area contributed by atoms with Gasteiger partial charge in [0.25, 0.3) is 0 Å². The molecule has 2 heterocycles. The van der Waals surface area contributed by atoms with E-state index in [-0.39, 0.29) is 0 Å². The first-order valence-electron chi connectivity index (χ1n) is 7.58. The third-order valence-corrected chi connectivity index (χ3v) is 4.89. The molecule has 0 amide bonds. The Morgan fingerprint density at radius 1 is 1.22 bits per heavy atom. The number of Topliss-reactive ketones (excluding diaryl/α,β-unsaturated/α-hetero) is 1. The lowest BCUT2D eigenvalue weighted by atomic mass is 9.86. The molecule has 0 radical (unpaired) electrons. The summed E-state index contributed by atoms with van der Waals surface area (Å²) in [7, 11) is 2.23. The molecular formula is C16H27NO. The van der Waals surface area contributed by atoms with Crippen LogP contribution in [0.25, 0.3) is 0 Å². The lowest BCUT2D eigenvalue weighted by Gasteiger charge is -2.35. The van der Waals surface area contributed by atoms with E-state index in [2.05, 4.69) is 18.5 Å². The lowest BCUT2D eigenvalue weighted by molar-refractivity contribution is -0.125. The first kappa shape index (κ1) is 13.8. The minimum atomic E-state index is 0.373. The quantitative estimate of drug-likeness (QED) is 0.508. The van der Waals surface area contributed by atoms with Crippen LogP contribution < -0.4 is 0 Å². The summed E-state index contributed by atoms with van der Waals surface area (Å²) in [6.45, 7) is 3.73. The van der Waals surface area contributed by atoms with Crippen molar-refractivity contribution in [2.75, 3.05) is 7.05 Å². The summed E-state index contributed by atoms with van der Waals surface area (Å²) >= 11 is 0. The van der Waals surface area contributed by atoms with Crippen LogP contribution >= 0.6 is 0 Å². The third kappa shape index (κ3) is 3.23. The summed E-state index contributed by atoms with van der Waals surface area (Å²) in [5.74, 6) is 0.914. The van der Waals surface area contributed by atoms with Crippen molar-refractivity contribution in [3.63, 3.8) is 0 Å². The SMILES string of the molecule is C=CCCCCCC(=O)C1CC2CCC(C1)N2C. The van der Waals surface area contributed by atoms with Gasteiger partial charge in [0.2, 0.25) is 0 Å². The van der Waals surface area contributed by atoms with Gasteiger partial charge in [-0.15, -0.1) is 6.58 Å². The second kappa shape index (κ2) is 6.51. The molecule has 0 spiro atoms. The summed E-state index contributed by atoms with van der Waals surface area (Å²) < 4.78 is 0. The van der Waals surface area contributed by atoms with E-state index in [0.717, 1.165) is 32.1 Å². The zero-order valence-corrected chi connectivity index (χ0v) is 11.7. The van der Waals surface area contributed by atoms with Gasteiger partial charge in [-0.1, -0.05) is 12.5 Å². The van der Waals surface area contributed by atoms with Gasteiger partial charge < -0.3 is 4.90 Å². The van der Waals surface area contributed by atoms with Crippen molar-refractivity contribution < 1.29 is 4.79 Å². The molecule has 0 saturated carbocycles. The number of hydrogen-bond acceptors (Lipinski definition) is 2. The maximum absolute atomic E-state index is 12.2. The van der Waals surface area contributed by atoms with Crippen LogP contribution in [0.3, 0.4) is 0 Å². The molecule has 102 valence electrons. The summed E-state index contributed by atoms with van der Waals surface area (Å²) in [5, 5.41) is 0. The molecule has 2 atom stereocenters. The average Bonchev–Trinajstić information content (AvgIpc) is 2.61. The van der Waals surface area contributed by atoms with Crippen molar-refractivity contribution in [2.45, 2.75) is 69.9 Å². The first-order chi connectivity index (χ1) is 8.72. The molecule has 2 rings (SSSR count). The Morgan fingerprint density at radius 2 is 1.89 bits per heavy atom. The Kier molecular flexibility index (Phi) is 4.99. The number of nitrogens with zero attached hydrogens (tertiary/aromatic N) is 1. The largest absolute Gasteiger partial charge is 0.300 e. The Balaban J connectivity index is 1.69. The molecular weight excluding hydrogens is 222 g/mol. The predicted molar refractivity (Wildman–Crippen MR) is 75.6 cm³/mol. The molecule has 0 aromatic carbocycles. The van der Waals surface area contributed by atoms with E-state index >= 15 is 0 Å². The number of hydrogen-bond donors (Lipinski definition) is 0. The molecule has 0 N–H and O–H groups in total. The average molecular weight is 249 g/mol. The fourth-order valence-corrected chi connectivity index (χ4v) is 3.64. The van der Waals surface area contributed by atoms with Gasteiger partial charge >= 0.3 is 0 Å². The number of fused-ring (bicyclic) bond motifs is 2. The van der Waals surface area contributed by atoms with E-state index < -0.39 is 0 Å². The van der Waals surface area contributed by atoms with Crippen LogP contribution in [0, 0.1) is 5.92 Å². The highest BCUT2D eigenvalue weighted by Crippen LogP contribution is 2.38. The number of unbranched alkanes of at least 4 members (excludes halogenated alkanes) is 3. The predicted octanol–water partition coefficient (Wildman–Crippen LogP) is 3.56. The summed E-state index contributed by atoms with van der Waals surface area (Å²) in [4.78, 5) is 14.7. The maximum atomic E-state index is 12.2. The van der Waals surface area contributed by atoms with Crippen molar-refractivity contribution in [3.05, 3.63) is 12.7 Å². The summed E-state index contributed by atoms with van der Waals surface area (Å²) in [6, 6.07) is 1.39. The minimum absolute atomic E-state index is 0.373. The Labute approximate surface area is 111 Å². The standard InChI is InChI=1S/C16H27NO/c1-3-4-5-6-7-8-16(18)13-11-14-9-10-15(12-13)17(14)2/h3,13-15H,1,4-12H2,2H3. The second-order valence-electron chi connectivity index (χ2n) is 6.07. The molecule has 2 nitrogen and oxygen atoms in total. The number of ketones is 1. The van der Waals surface area contributed by atoms with Gasteiger partial charge in [0.1, 0.15) is 5.78 Å². The number of carbonyl (C=O) groups is 1. The Bertz CT molecular complexity index is 285. The zero-order valence-electron chi connectivity index (χ0n) is 11.7. The van der Waals surface area contributed by atoms with Gasteiger partial charge in [-0.05, 0) is 52.0 Å². The molecule has 2 aliphatic heterocycles. The summed E-state index contributed by atoms with van der Waals surface area (Å²) in [6.07, 6.45) is 12.2. The fraction of sp³-hybridized carbons (Fsp3) is 0.812. The molecule has 2 aliphatic rings. The van der Waals surface area contributed by atoms with Crippen molar-refractivity contribution in [1.82, 2.24) is 4.90 Å². The first-order valence-corrected chi connectivity index (χ1v) is 7.58. The summed E-state index contributed by atoms with van der Waals surface area (Å²) in [5.41, 5.74) is 0. The molecule has 18 heavy (non-hydrogen) atoms. The normalized spacial score (nSPS) is 31.5. The van der Waals surface area contributed by atoms with Crippen LogP contribution in [0.2, 0.25) is 0 Å². The topological polar surface area (TPSA) is 20.3 Å². The van der Waals surface area contributed by atoms with Gasteiger partial charge in [0.05, 0.1) is 0 Å². The highest BCUT2D eigenvalue weighted by atomic mass is 16.1. The number of piperidine rings is 1. The van der Waals surface area contributed by atoms with E-state index in [1.165, 1.54) is 25.7 Å². The van der Waals surface area contributed by atoms with Crippen molar-refractivity contribution in [2.24, 2.45) is 5.92 Å². The number of rotatable bonds is 7. The van der Waals surface area contributed by atoms with E-state index in [1.54, 1.807) is 0 Å². The highest BCUT2D eigenvalue weighted by molar-refractivity contribution is 5.81. The van der Waals surface area contributed by atoms with Crippen LogP contribution in [0.5, 0.6) is 0 Å². The van der Waals surface area contributed by atoms with Gasteiger partial charge in [0.15, 0.2) is 0 Å². The van der Waals surface area contributed by atoms with Crippen molar-refractivity contribution >= 4 is 5.78 Å². The van der Waals surface area contributed by atoms with E-state index in [1.807, 2.05) is 6.08 Å². The van der Waals surface area contributed by atoms with Gasteiger partial charge in [0, 0.05) is 24.4 Å². The molecule has 2 fully saturated rings. The van der Waals surface area contributed by atoms with E-state index in [0.29, 0.717) is 23.8 Å². The van der Waals surface area contributed by atoms with Gasteiger partial charge in [-0.2, -0.15) is 0 Å². The smallest absolute Gasteiger partial charge is 0.136 e. The van der Waals surface area contributed by atoms with Gasteiger partial charge in [-0.3, -0.25) is 4.79 Å². The van der Waals surface area contributed by atoms with Crippen LogP contribution in [0.1, 0.15) is 57.8 Å². The molecule has 2 unspecified atom stereocenters. The Morgan fingerprint density at radius 3 is 2.50 bits per heavy atom.